The number of hydrogen-bond acceptors (Lipinski definition) is 9. The summed E-state index contributed by atoms with van der Waals surface area (Å²) in [6.45, 7) is 0.110. The highest BCUT2D eigenvalue weighted by Crippen LogP contribution is 2.39. The van der Waals surface area contributed by atoms with Gasteiger partial charge in [0, 0.05) is 13.1 Å². The lowest BCUT2D eigenvalue weighted by Crippen LogP contribution is -2.42. The topological polar surface area (TPSA) is 201 Å². The third-order valence-corrected chi connectivity index (χ3v) is 4.63. The number of anilines is 3. The van der Waals surface area contributed by atoms with E-state index in [1.165, 1.54) is 12.1 Å². The summed E-state index contributed by atoms with van der Waals surface area (Å²) in [4.78, 5) is 28.9. The smallest absolute Gasteiger partial charge is 0.333 e. The van der Waals surface area contributed by atoms with Crippen LogP contribution in [0.5, 0.6) is 0 Å². The van der Waals surface area contributed by atoms with Crippen LogP contribution in [0.25, 0.3) is 10.2 Å². The Hall–Kier alpha value is -2.71. The van der Waals surface area contributed by atoms with Gasteiger partial charge in [-0.25, -0.2) is 36.3 Å². The van der Waals surface area contributed by atoms with Crippen molar-refractivity contribution in [2.75, 3.05) is 41.2 Å². The molecular weight excluding hydrogens is 364 g/mol. The molecule has 0 radical (unpaired) electrons. The van der Waals surface area contributed by atoms with Gasteiger partial charge in [-0.15, -0.1) is 0 Å². The highest BCUT2D eigenvalue weighted by Gasteiger charge is 2.22. The van der Waals surface area contributed by atoms with Gasteiger partial charge in [0.15, 0.2) is 5.13 Å². The first-order valence-electron chi connectivity index (χ1n) is 7.40. The molecule has 0 saturated heterocycles. The number of carbonyl (C=O) groups is 2. The van der Waals surface area contributed by atoms with Crippen LogP contribution < -0.4 is 38.1 Å². The summed E-state index contributed by atoms with van der Waals surface area (Å²) in [5, 5.41) is 20.3. The Morgan fingerprint density at radius 1 is 1.00 bits per heavy atom. The van der Waals surface area contributed by atoms with Gasteiger partial charge >= 0.3 is 12.1 Å². The van der Waals surface area contributed by atoms with E-state index in [2.05, 4.69) is 4.98 Å². The number of urea groups is 2. The second kappa shape index (κ2) is 8.11. The molecule has 0 aliphatic heterocycles. The highest BCUT2D eigenvalue weighted by atomic mass is 32.1. The predicted molar refractivity (Wildman–Crippen MR) is 98.5 cm³/mol. The number of thiazole rings is 1. The maximum Gasteiger partial charge on any atom is 0.333 e. The fourth-order valence-corrected chi connectivity index (χ4v) is 3.42. The number of aliphatic hydroxyl groups excluding tert-OH is 2. The molecule has 0 spiro atoms. The zero-order valence-electron chi connectivity index (χ0n) is 13.7. The van der Waals surface area contributed by atoms with E-state index in [1.807, 2.05) is 0 Å². The van der Waals surface area contributed by atoms with Gasteiger partial charge in [0.2, 0.25) is 0 Å². The van der Waals surface area contributed by atoms with Gasteiger partial charge in [-0.2, -0.15) is 0 Å². The van der Waals surface area contributed by atoms with E-state index in [0.29, 0.717) is 14.8 Å². The molecule has 2 rings (SSSR count). The summed E-state index contributed by atoms with van der Waals surface area (Å²) in [7, 11) is 0. The van der Waals surface area contributed by atoms with Crippen molar-refractivity contribution in [1.29, 1.82) is 0 Å². The van der Waals surface area contributed by atoms with Crippen molar-refractivity contribution >= 4 is 50.1 Å². The summed E-state index contributed by atoms with van der Waals surface area (Å²) in [5.41, 5.74) is 11.2. The second-order valence-corrected chi connectivity index (χ2v) is 6.11. The second-order valence-electron chi connectivity index (χ2n) is 5.13. The summed E-state index contributed by atoms with van der Waals surface area (Å²) < 4.78 is 0.427. The molecule has 12 nitrogen and oxygen atoms in total. The lowest BCUT2D eigenvalue weighted by Gasteiger charge is -2.19. The number of hydrogen-bond donors (Lipinski definition) is 6. The summed E-state index contributed by atoms with van der Waals surface area (Å²) in [6.07, 6.45) is 0. The number of nitrogens with two attached hydrogens (primary N) is 4. The summed E-state index contributed by atoms with van der Waals surface area (Å²) in [6, 6.07) is 1.08. The van der Waals surface area contributed by atoms with Gasteiger partial charge in [-0.1, -0.05) is 11.3 Å². The molecule has 142 valence electrons. The van der Waals surface area contributed by atoms with E-state index < -0.39 is 12.1 Å². The molecule has 0 bridgehead atoms. The Morgan fingerprint density at radius 2 is 1.50 bits per heavy atom. The first-order valence-corrected chi connectivity index (χ1v) is 8.22. The minimum absolute atomic E-state index is 0.162. The van der Waals surface area contributed by atoms with Gasteiger partial charge in [0.25, 0.3) is 0 Å². The largest absolute Gasteiger partial charge is 0.395 e. The highest BCUT2D eigenvalue weighted by molar-refractivity contribution is 7.23. The van der Waals surface area contributed by atoms with Crippen LogP contribution in [-0.4, -0.2) is 53.6 Å². The van der Waals surface area contributed by atoms with E-state index in [0.717, 1.165) is 16.3 Å². The van der Waals surface area contributed by atoms with E-state index in [4.69, 9.17) is 23.2 Å². The van der Waals surface area contributed by atoms with Crippen molar-refractivity contribution in [3.05, 3.63) is 12.1 Å². The molecular formula is C13H20N8O4S. The molecule has 0 fully saturated rings. The number of fused-ring (bicyclic) bond motifs is 1. The van der Waals surface area contributed by atoms with Gasteiger partial charge in [-0.05, 0) is 12.1 Å². The maximum atomic E-state index is 11.4. The van der Waals surface area contributed by atoms with E-state index in [9.17, 15) is 19.8 Å². The molecule has 1 aromatic heterocycles. The number of amides is 4. The maximum absolute atomic E-state index is 11.4. The van der Waals surface area contributed by atoms with Crippen molar-refractivity contribution in [3.8, 4) is 0 Å². The Bertz CT molecular complexity index is 750. The van der Waals surface area contributed by atoms with Gasteiger partial charge in [-0.3, -0.25) is 0 Å². The van der Waals surface area contributed by atoms with Crippen LogP contribution in [0.15, 0.2) is 12.1 Å². The zero-order valence-corrected chi connectivity index (χ0v) is 14.5. The number of carbonyl (C=O) groups excluding carboxylic acids is 2. The molecule has 1 heterocycles. The lowest BCUT2D eigenvalue weighted by molar-refractivity contribution is 0.253. The van der Waals surface area contributed by atoms with E-state index in [-0.39, 0.29) is 43.2 Å². The lowest BCUT2D eigenvalue weighted by atomic mass is 10.2. The number of primary amides is 2. The molecule has 0 atom stereocenters. The fourth-order valence-electron chi connectivity index (χ4n) is 2.27. The van der Waals surface area contributed by atoms with Crippen molar-refractivity contribution in [2.45, 2.75) is 0 Å². The van der Waals surface area contributed by atoms with E-state index in [1.54, 1.807) is 4.90 Å². The van der Waals surface area contributed by atoms with Gasteiger partial charge < -0.3 is 26.6 Å². The van der Waals surface area contributed by atoms with Crippen LogP contribution in [0.4, 0.5) is 26.1 Å². The number of hydrazine groups is 2. The molecule has 2 aromatic rings. The quantitative estimate of drug-likeness (QED) is 0.190. The number of benzene rings is 1. The SMILES string of the molecule is NC(=O)N(N)c1ccc(N(N)C(N)=O)c2sc(N(CCO)CCO)nc12. The zero-order chi connectivity index (χ0) is 19.4. The molecule has 10 N–H and O–H groups in total. The Morgan fingerprint density at radius 3 is 2.00 bits per heavy atom. The normalized spacial score (nSPS) is 10.8. The van der Waals surface area contributed by atoms with Crippen LogP contribution in [0.2, 0.25) is 0 Å². The van der Waals surface area contributed by atoms with Gasteiger partial charge in [0.05, 0.1) is 29.3 Å². The third-order valence-electron chi connectivity index (χ3n) is 3.49. The third kappa shape index (κ3) is 3.76. The minimum Gasteiger partial charge on any atom is -0.395 e. The van der Waals surface area contributed by atoms with E-state index >= 15 is 0 Å². The Kier molecular flexibility index (Phi) is 6.12. The minimum atomic E-state index is -0.907. The number of aliphatic hydroxyl groups is 2. The van der Waals surface area contributed by atoms with Crippen molar-refractivity contribution in [1.82, 2.24) is 4.98 Å². The molecule has 26 heavy (non-hydrogen) atoms. The number of nitrogens with zero attached hydrogens (tertiary/aromatic N) is 4. The molecule has 0 aliphatic carbocycles. The fraction of sp³-hybridized carbons (Fsp3) is 0.308. The van der Waals surface area contributed by atoms with Gasteiger partial charge in [0.1, 0.15) is 5.52 Å². The first kappa shape index (κ1) is 19.6. The first-order chi connectivity index (χ1) is 12.3. The summed E-state index contributed by atoms with van der Waals surface area (Å²) in [5.74, 6) is 11.4. The van der Waals surface area contributed by atoms with Crippen molar-refractivity contribution in [3.63, 3.8) is 0 Å². The number of aromatic nitrogens is 1. The predicted octanol–water partition coefficient (Wildman–Crippen LogP) is -1.40. The van der Waals surface area contributed by atoms with Crippen molar-refractivity contribution in [2.24, 2.45) is 23.2 Å². The summed E-state index contributed by atoms with van der Waals surface area (Å²) >= 11 is 1.13. The Labute approximate surface area is 152 Å². The Balaban J connectivity index is 2.68. The van der Waals surface area contributed by atoms with Crippen LogP contribution in [-0.2, 0) is 0 Å². The molecule has 13 heteroatoms. The monoisotopic (exact) mass is 384 g/mol. The van der Waals surface area contributed by atoms with Crippen LogP contribution in [0, 0.1) is 0 Å². The molecule has 4 amide bonds. The van der Waals surface area contributed by atoms with Crippen LogP contribution in [0.3, 0.4) is 0 Å². The van der Waals surface area contributed by atoms with Crippen LogP contribution in [0.1, 0.15) is 0 Å². The van der Waals surface area contributed by atoms with Crippen molar-refractivity contribution < 1.29 is 19.8 Å². The average Bonchev–Trinajstić information content (AvgIpc) is 3.04. The number of rotatable bonds is 7. The molecule has 0 saturated carbocycles. The standard InChI is InChI=1S/C13H20N8O4S/c14-11(24)20(16)7-1-2-8(21(17)12(15)25)10-9(7)18-13(26-10)19(3-5-22)4-6-23/h1-2,22-23H,3-6,16-17H2,(H2,14,24)(H2,15,25). The molecule has 0 aliphatic rings. The molecule has 1 aromatic carbocycles. The average molecular weight is 384 g/mol. The van der Waals surface area contributed by atoms with Crippen LogP contribution >= 0.6 is 11.3 Å². The molecule has 0 unspecified atom stereocenters.